The lowest BCUT2D eigenvalue weighted by Gasteiger charge is -2.22. The summed E-state index contributed by atoms with van der Waals surface area (Å²) in [6.45, 7) is 4.10. The second-order valence-electron chi connectivity index (χ2n) is 4.81. The van der Waals surface area contributed by atoms with Crippen LogP contribution in [0, 0.1) is 5.82 Å². The molecular weight excluding hydrogens is 341 g/mol. The Morgan fingerprint density at radius 3 is 2.45 bits per heavy atom. The number of nitrogens with one attached hydrogen (secondary N) is 1. The first-order valence-electron chi connectivity index (χ1n) is 6.44. The molecule has 106 valence electrons. The van der Waals surface area contributed by atoms with Gasteiger partial charge in [-0.05, 0) is 43.2 Å². The van der Waals surface area contributed by atoms with E-state index in [0.717, 1.165) is 10.0 Å². The third-order valence-electron chi connectivity index (χ3n) is 3.32. The largest absolute Gasteiger partial charge is 0.304 e. The van der Waals surface area contributed by atoms with Gasteiger partial charge in [-0.1, -0.05) is 51.8 Å². The fourth-order valence-corrected chi connectivity index (χ4v) is 2.91. The first-order valence-corrected chi connectivity index (χ1v) is 7.61. The highest BCUT2D eigenvalue weighted by Gasteiger charge is 2.14. The maximum atomic E-state index is 13.5. The molecule has 2 atom stereocenters. The summed E-state index contributed by atoms with van der Waals surface area (Å²) >= 11 is 9.25. The van der Waals surface area contributed by atoms with Gasteiger partial charge < -0.3 is 5.32 Å². The van der Waals surface area contributed by atoms with E-state index in [1.165, 1.54) is 11.6 Å². The van der Waals surface area contributed by atoms with Crippen LogP contribution in [0.1, 0.15) is 37.1 Å². The first kappa shape index (κ1) is 15.5. The Hall–Kier alpha value is -0.900. The molecule has 0 fully saturated rings. The lowest BCUT2D eigenvalue weighted by atomic mass is 10.0. The summed E-state index contributed by atoms with van der Waals surface area (Å²) in [5, 5.41) is 3.61. The fraction of sp³-hybridized carbons (Fsp3) is 0.250. The van der Waals surface area contributed by atoms with Crippen LogP contribution >= 0.6 is 27.5 Å². The van der Waals surface area contributed by atoms with Gasteiger partial charge in [0, 0.05) is 16.6 Å². The third kappa shape index (κ3) is 3.60. The average molecular weight is 357 g/mol. The van der Waals surface area contributed by atoms with Crippen molar-refractivity contribution in [1.82, 2.24) is 5.32 Å². The average Bonchev–Trinajstić information content (AvgIpc) is 2.42. The van der Waals surface area contributed by atoms with Crippen molar-refractivity contribution in [2.24, 2.45) is 0 Å². The van der Waals surface area contributed by atoms with E-state index in [1.807, 2.05) is 31.2 Å². The standard InChI is InChI=1S/C16H16BrClFN/c1-10(12-7-8-15(18)16(19)9-12)20-11(2)13-5-3-4-6-14(13)17/h3-11,20H,1-2H3/t10?,11-/m1/s1. The molecule has 20 heavy (non-hydrogen) atoms. The van der Waals surface area contributed by atoms with Gasteiger partial charge in [0.1, 0.15) is 5.82 Å². The van der Waals surface area contributed by atoms with Gasteiger partial charge in [-0.25, -0.2) is 4.39 Å². The Kier molecular flexibility index (Phi) is 5.19. The van der Waals surface area contributed by atoms with E-state index < -0.39 is 0 Å². The molecule has 2 aromatic rings. The van der Waals surface area contributed by atoms with Gasteiger partial charge in [0.2, 0.25) is 0 Å². The molecule has 1 unspecified atom stereocenters. The second-order valence-corrected chi connectivity index (χ2v) is 6.07. The van der Waals surface area contributed by atoms with E-state index in [4.69, 9.17) is 11.6 Å². The molecule has 0 aromatic heterocycles. The predicted molar refractivity (Wildman–Crippen MR) is 85.5 cm³/mol. The van der Waals surface area contributed by atoms with E-state index in [0.29, 0.717) is 0 Å². The Morgan fingerprint density at radius 2 is 1.80 bits per heavy atom. The minimum Gasteiger partial charge on any atom is -0.304 e. The van der Waals surface area contributed by atoms with Crippen LogP contribution in [0.2, 0.25) is 5.02 Å². The lowest BCUT2D eigenvalue weighted by Crippen LogP contribution is -2.22. The number of halogens is 3. The molecule has 0 amide bonds. The monoisotopic (exact) mass is 355 g/mol. The Balaban J connectivity index is 2.13. The molecule has 0 saturated heterocycles. The highest BCUT2D eigenvalue weighted by molar-refractivity contribution is 9.10. The summed E-state index contributed by atoms with van der Waals surface area (Å²) in [6, 6.07) is 13.2. The van der Waals surface area contributed by atoms with Crippen LogP contribution in [0.4, 0.5) is 4.39 Å². The predicted octanol–water partition coefficient (Wildman–Crippen LogP) is 5.65. The minimum absolute atomic E-state index is 0.0314. The number of benzene rings is 2. The van der Waals surface area contributed by atoms with Gasteiger partial charge in [0.25, 0.3) is 0 Å². The molecule has 4 heteroatoms. The van der Waals surface area contributed by atoms with E-state index in [9.17, 15) is 4.39 Å². The molecule has 0 aliphatic heterocycles. The maximum Gasteiger partial charge on any atom is 0.142 e. The van der Waals surface area contributed by atoms with Crippen LogP contribution in [0.5, 0.6) is 0 Å². The number of rotatable bonds is 4. The van der Waals surface area contributed by atoms with Crippen LogP contribution in [0.25, 0.3) is 0 Å². The van der Waals surface area contributed by atoms with Gasteiger partial charge in [-0.2, -0.15) is 0 Å². The zero-order chi connectivity index (χ0) is 14.7. The van der Waals surface area contributed by atoms with Crippen molar-refractivity contribution in [3.63, 3.8) is 0 Å². The fourth-order valence-electron chi connectivity index (χ4n) is 2.17. The molecule has 0 saturated carbocycles. The molecule has 0 radical (unpaired) electrons. The Bertz CT molecular complexity index is 603. The highest BCUT2D eigenvalue weighted by atomic mass is 79.9. The highest BCUT2D eigenvalue weighted by Crippen LogP contribution is 2.26. The lowest BCUT2D eigenvalue weighted by molar-refractivity contribution is 0.491. The van der Waals surface area contributed by atoms with E-state index in [2.05, 4.69) is 34.2 Å². The van der Waals surface area contributed by atoms with Crippen LogP contribution < -0.4 is 5.32 Å². The van der Waals surface area contributed by atoms with E-state index >= 15 is 0 Å². The van der Waals surface area contributed by atoms with Crippen LogP contribution in [-0.2, 0) is 0 Å². The summed E-state index contributed by atoms with van der Waals surface area (Å²) < 4.78 is 14.6. The summed E-state index contributed by atoms with van der Waals surface area (Å²) in [4.78, 5) is 0. The van der Waals surface area contributed by atoms with E-state index in [-0.39, 0.29) is 22.9 Å². The summed E-state index contributed by atoms with van der Waals surface area (Å²) in [6.07, 6.45) is 0. The molecule has 1 nitrogen and oxygen atoms in total. The summed E-state index contributed by atoms with van der Waals surface area (Å²) in [5.74, 6) is -0.383. The quantitative estimate of drug-likeness (QED) is 0.746. The van der Waals surface area contributed by atoms with Gasteiger partial charge >= 0.3 is 0 Å². The maximum absolute atomic E-state index is 13.5. The van der Waals surface area contributed by atoms with Crippen LogP contribution in [0.3, 0.4) is 0 Å². The zero-order valence-electron chi connectivity index (χ0n) is 11.3. The number of hydrogen-bond acceptors (Lipinski definition) is 1. The van der Waals surface area contributed by atoms with Gasteiger partial charge in [-0.3, -0.25) is 0 Å². The molecule has 1 N–H and O–H groups in total. The molecule has 0 spiro atoms. The van der Waals surface area contributed by atoms with Gasteiger partial charge in [-0.15, -0.1) is 0 Å². The van der Waals surface area contributed by atoms with E-state index in [1.54, 1.807) is 6.07 Å². The van der Waals surface area contributed by atoms with Gasteiger partial charge in [0.05, 0.1) is 5.02 Å². The number of hydrogen-bond donors (Lipinski definition) is 1. The van der Waals surface area contributed by atoms with Crippen molar-refractivity contribution in [2.45, 2.75) is 25.9 Å². The second kappa shape index (κ2) is 6.70. The minimum atomic E-state index is -0.383. The smallest absolute Gasteiger partial charge is 0.142 e. The molecule has 0 aliphatic rings. The van der Waals surface area contributed by atoms with Crippen molar-refractivity contribution < 1.29 is 4.39 Å². The van der Waals surface area contributed by atoms with Crippen molar-refractivity contribution in [3.05, 3.63) is 68.9 Å². The molecule has 0 heterocycles. The van der Waals surface area contributed by atoms with Crippen LogP contribution in [0.15, 0.2) is 46.9 Å². The Morgan fingerprint density at radius 1 is 1.10 bits per heavy atom. The van der Waals surface area contributed by atoms with Crippen molar-refractivity contribution in [3.8, 4) is 0 Å². The third-order valence-corrected chi connectivity index (χ3v) is 4.34. The van der Waals surface area contributed by atoms with Crippen molar-refractivity contribution in [1.29, 1.82) is 0 Å². The SMILES string of the molecule is CC(N[C@H](C)c1ccccc1Br)c1ccc(Cl)c(F)c1. The Labute approximate surface area is 132 Å². The van der Waals surface area contributed by atoms with Crippen LogP contribution in [-0.4, -0.2) is 0 Å². The molecule has 2 aromatic carbocycles. The topological polar surface area (TPSA) is 12.0 Å². The van der Waals surface area contributed by atoms with Gasteiger partial charge in [0.15, 0.2) is 0 Å². The molecular formula is C16H16BrClFN. The van der Waals surface area contributed by atoms with Crippen molar-refractivity contribution in [2.75, 3.05) is 0 Å². The van der Waals surface area contributed by atoms with Crippen molar-refractivity contribution >= 4 is 27.5 Å². The molecule has 0 aliphatic carbocycles. The summed E-state index contributed by atoms with van der Waals surface area (Å²) in [7, 11) is 0. The molecule has 0 bridgehead atoms. The zero-order valence-corrected chi connectivity index (χ0v) is 13.7. The summed E-state index contributed by atoms with van der Waals surface area (Å²) in [5.41, 5.74) is 2.06. The normalized spacial score (nSPS) is 14.1. The molecule has 2 rings (SSSR count). The first-order chi connectivity index (χ1) is 9.49.